The Balaban J connectivity index is 1.65. The second-order valence-corrected chi connectivity index (χ2v) is 11.5. The van der Waals surface area contributed by atoms with Gasteiger partial charge in [-0.25, -0.2) is 12.7 Å². The van der Waals surface area contributed by atoms with Gasteiger partial charge in [-0.05, 0) is 61.1 Å². The molecule has 0 radical (unpaired) electrons. The van der Waals surface area contributed by atoms with Gasteiger partial charge in [-0.3, -0.25) is 14.5 Å². The molecule has 1 atom stereocenters. The number of hydrogen-bond acceptors (Lipinski definition) is 5. The van der Waals surface area contributed by atoms with Crippen molar-refractivity contribution >= 4 is 38.9 Å². The lowest BCUT2D eigenvalue weighted by molar-refractivity contribution is -0.123. The quantitative estimate of drug-likeness (QED) is 0.679. The second kappa shape index (κ2) is 9.38. The maximum atomic E-state index is 13.5. The van der Waals surface area contributed by atoms with Crippen molar-refractivity contribution in [3.8, 4) is 0 Å². The van der Waals surface area contributed by atoms with Crippen LogP contribution in [0.25, 0.3) is 0 Å². The van der Waals surface area contributed by atoms with Crippen LogP contribution in [-0.4, -0.2) is 57.8 Å². The molecule has 182 valence electrons. The Bertz CT molecular complexity index is 1190. The zero-order valence-electron chi connectivity index (χ0n) is 20.1. The summed E-state index contributed by atoms with van der Waals surface area (Å²) in [6, 6.07) is 12.2. The predicted octanol–water partition coefficient (Wildman–Crippen LogP) is 3.40. The van der Waals surface area contributed by atoms with E-state index in [0.29, 0.717) is 23.7 Å². The number of amides is 2. The molecule has 4 rings (SSSR count). The monoisotopic (exact) mass is 484 g/mol. The van der Waals surface area contributed by atoms with Crippen molar-refractivity contribution in [3.63, 3.8) is 0 Å². The summed E-state index contributed by atoms with van der Waals surface area (Å²) in [5, 5.41) is 2.87. The minimum atomic E-state index is -3.69. The van der Waals surface area contributed by atoms with Crippen LogP contribution in [0.2, 0.25) is 0 Å². The minimum Gasteiger partial charge on any atom is -0.358 e. The van der Waals surface area contributed by atoms with Crippen molar-refractivity contribution in [2.75, 3.05) is 42.3 Å². The van der Waals surface area contributed by atoms with Gasteiger partial charge < -0.3 is 10.2 Å². The molecule has 2 aromatic rings. The first kappa shape index (κ1) is 24.2. The van der Waals surface area contributed by atoms with Crippen LogP contribution in [0.4, 0.5) is 17.1 Å². The molecule has 1 fully saturated rings. The molecule has 2 aliphatic rings. The van der Waals surface area contributed by atoms with Gasteiger partial charge >= 0.3 is 0 Å². The standard InChI is InChI=1S/C25H32N4O4S/c1-17(2)18-8-10-19(11-9-18)26-24(30)16-29-23-15-20(34(32,33)27(3)4)12-13-21(23)28-14-6-5-7-22(28)25(29)31/h8-13,15,17,22H,5-7,14,16H2,1-4H3,(H,26,30). The highest BCUT2D eigenvalue weighted by molar-refractivity contribution is 7.89. The van der Waals surface area contributed by atoms with E-state index in [0.717, 1.165) is 29.4 Å². The molecule has 0 bridgehead atoms. The average Bonchev–Trinajstić information content (AvgIpc) is 2.81. The van der Waals surface area contributed by atoms with Gasteiger partial charge in [0.05, 0.1) is 16.3 Å². The lowest BCUT2D eigenvalue weighted by Crippen LogP contribution is -2.56. The number of piperidine rings is 1. The molecule has 0 aromatic heterocycles. The van der Waals surface area contributed by atoms with Gasteiger partial charge in [-0.2, -0.15) is 0 Å². The van der Waals surface area contributed by atoms with E-state index in [-0.39, 0.29) is 29.3 Å². The summed E-state index contributed by atoms with van der Waals surface area (Å²) in [6.45, 7) is 4.75. The Morgan fingerprint density at radius 2 is 1.79 bits per heavy atom. The molecular formula is C25H32N4O4S. The molecule has 34 heavy (non-hydrogen) atoms. The van der Waals surface area contributed by atoms with Gasteiger partial charge in [-0.15, -0.1) is 0 Å². The molecule has 2 amide bonds. The molecule has 1 unspecified atom stereocenters. The van der Waals surface area contributed by atoms with E-state index in [1.807, 2.05) is 29.2 Å². The average molecular weight is 485 g/mol. The Labute approximate surface area is 201 Å². The molecule has 1 saturated heterocycles. The molecule has 1 N–H and O–H groups in total. The van der Waals surface area contributed by atoms with Crippen molar-refractivity contribution < 1.29 is 18.0 Å². The SMILES string of the molecule is CC(C)c1ccc(NC(=O)CN2C(=O)C3CCCCN3c3ccc(S(=O)(=O)N(C)C)cc32)cc1. The largest absolute Gasteiger partial charge is 0.358 e. The molecular weight excluding hydrogens is 452 g/mol. The Morgan fingerprint density at radius 3 is 2.44 bits per heavy atom. The topological polar surface area (TPSA) is 90.0 Å². The molecule has 9 heteroatoms. The van der Waals surface area contributed by atoms with E-state index < -0.39 is 10.0 Å². The lowest BCUT2D eigenvalue weighted by atomic mass is 9.96. The molecule has 0 aliphatic carbocycles. The van der Waals surface area contributed by atoms with Crippen molar-refractivity contribution in [2.45, 2.75) is 50.0 Å². The summed E-state index contributed by atoms with van der Waals surface area (Å²) in [4.78, 5) is 30.0. The molecule has 8 nitrogen and oxygen atoms in total. The lowest BCUT2D eigenvalue weighted by Gasteiger charge is -2.45. The Hall–Kier alpha value is -2.91. The van der Waals surface area contributed by atoms with E-state index in [9.17, 15) is 18.0 Å². The highest BCUT2D eigenvalue weighted by Crippen LogP contribution is 2.40. The number of nitrogens with zero attached hydrogens (tertiary/aromatic N) is 3. The fraction of sp³-hybridized carbons (Fsp3) is 0.440. The third kappa shape index (κ3) is 4.54. The number of carbonyl (C=O) groups excluding carboxylic acids is 2. The van der Waals surface area contributed by atoms with Crippen LogP contribution in [0.3, 0.4) is 0 Å². The molecule has 0 saturated carbocycles. The predicted molar refractivity (Wildman–Crippen MR) is 134 cm³/mol. The van der Waals surface area contributed by atoms with Crippen molar-refractivity contribution in [2.24, 2.45) is 0 Å². The molecule has 0 spiro atoms. The number of hydrogen-bond donors (Lipinski definition) is 1. The van der Waals surface area contributed by atoms with Crippen molar-refractivity contribution in [1.29, 1.82) is 0 Å². The number of fused-ring (bicyclic) bond motifs is 3. The summed E-state index contributed by atoms with van der Waals surface area (Å²) < 4.78 is 26.7. The van der Waals surface area contributed by atoms with E-state index in [4.69, 9.17) is 0 Å². The number of rotatable bonds is 6. The summed E-state index contributed by atoms with van der Waals surface area (Å²) in [7, 11) is -0.755. The van der Waals surface area contributed by atoms with Gasteiger partial charge in [0, 0.05) is 26.3 Å². The smallest absolute Gasteiger partial charge is 0.250 e. The minimum absolute atomic E-state index is 0.0918. The van der Waals surface area contributed by atoms with Gasteiger partial charge in [0.25, 0.3) is 0 Å². The van der Waals surface area contributed by atoms with Crippen LogP contribution in [0, 0.1) is 0 Å². The number of nitrogens with one attached hydrogen (secondary N) is 1. The van der Waals surface area contributed by atoms with Crippen molar-refractivity contribution in [3.05, 3.63) is 48.0 Å². The summed E-state index contributed by atoms with van der Waals surface area (Å²) >= 11 is 0. The first-order valence-electron chi connectivity index (χ1n) is 11.6. The summed E-state index contributed by atoms with van der Waals surface area (Å²) in [5.41, 5.74) is 3.07. The normalized spacial score (nSPS) is 18.2. The van der Waals surface area contributed by atoms with Crippen LogP contribution in [0.15, 0.2) is 47.4 Å². The maximum Gasteiger partial charge on any atom is 0.250 e. The third-order valence-electron chi connectivity index (χ3n) is 6.54. The second-order valence-electron chi connectivity index (χ2n) is 9.39. The van der Waals surface area contributed by atoms with Crippen LogP contribution in [-0.2, 0) is 19.6 Å². The van der Waals surface area contributed by atoms with Crippen LogP contribution in [0.1, 0.15) is 44.6 Å². The summed E-state index contributed by atoms with van der Waals surface area (Å²) in [6.07, 6.45) is 2.62. The fourth-order valence-corrected chi connectivity index (χ4v) is 5.49. The number of sulfonamides is 1. The fourth-order valence-electron chi connectivity index (χ4n) is 4.57. The van der Waals surface area contributed by atoms with E-state index >= 15 is 0 Å². The zero-order valence-corrected chi connectivity index (χ0v) is 20.9. The van der Waals surface area contributed by atoms with Crippen LogP contribution >= 0.6 is 0 Å². The Morgan fingerprint density at radius 1 is 1.09 bits per heavy atom. The van der Waals surface area contributed by atoms with Gasteiger partial charge in [0.2, 0.25) is 21.8 Å². The van der Waals surface area contributed by atoms with E-state index in [1.54, 1.807) is 12.1 Å². The number of anilines is 3. The van der Waals surface area contributed by atoms with E-state index in [2.05, 4.69) is 19.2 Å². The van der Waals surface area contributed by atoms with Crippen LogP contribution in [0.5, 0.6) is 0 Å². The summed E-state index contributed by atoms with van der Waals surface area (Å²) in [5.74, 6) is -0.114. The van der Waals surface area contributed by atoms with Gasteiger partial charge in [0.1, 0.15) is 12.6 Å². The maximum absolute atomic E-state index is 13.5. The first-order valence-corrected chi connectivity index (χ1v) is 13.1. The number of carbonyl (C=O) groups is 2. The van der Waals surface area contributed by atoms with Gasteiger partial charge in [-0.1, -0.05) is 26.0 Å². The Kier molecular flexibility index (Phi) is 6.69. The molecule has 2 heterocycles. The highest BCUT2D eigenvalue weighted by atomic mass is 32.2. The zero-order chi connectivity index (χ0) is 24.6. The highest BCUT2D eigenvalue weighted by Gasteiger charge is 2.40. The van der Waals surface area contributed by atoms with Gasteiger partial charge in [0.15, 0.2) is 0 Å². The van der Waals surface area contributed by atoms with Crippen molar-refractivity contribution in [1.82, 2.24) is 4.31 Å². The number of benzene rings is 2. The van der Waals surface area contributed by atoms with E-state index in [1.165, 1.54) is 30.6 Å². The molecule has 2 aromatic carbocycles. The molecule has 2 aliphatic heterocycles. The first-order chi connectivity index (χ1) is 16.1. The third-order valence-corrected chi connectivity index (χ3v) is 8.35. The van der Waals surface area contributed by atoms with Crippen LogP contribution < -0.4 is 15.1 Å².